The second-order valence-electron chi connectivity index (χ2n) is 10.4. The minimum atomic E-state index is -0.0995. The topological polar surface area (TPSA) is 55.2 Å². The molecule has 0 unspecified atom stereocenters. The summed E-state index contributed by atoms with van der Waals surface area (Å²) in [6, 6.07) is 20.7. The van der Waals surface area contributed by atoms with Crippen LogP contribution < -0.4 is 15.0 Å². The van der Waals surface area contributed by atoms with Crippen molar-refractivity contribution in [2.45, 2.75) is 64.6 Å². The van der Waals surface area contributed by atoms with Gasteiger partial charge >= 0.3 is 0 Å². The van der Waals surface area contributed by atoms with Crippen molar-refractivity contribution in [1.82, 2.24) is 19.9 Å². The zero-order chi connectivity index (χ0) is 26.2. The Balaban J connectivity index is 1.41. The Bertz CT molecular complexity index is 1440. The fourth-order valence-corrected chi connectivity index (χ4v) is 6.26. The highest BCUT2D eigenvalue weighted by molar-refractivity contribution is 7.80. The number of pyridine rings is 2. The van der Waals surface area contributed by atoms with Crippen LogP contribution >= 0.6 is 12.2 Å². The average molecular weight is 524 g/mol. The third-order valence-electron chi connectivity index (χ3n) is 7.74. The third-order valence-corrected chi connectivity index (χ3v) is 8.05. The highest BCUT2D eigenvalue weighted by Crippen LogP contribution is 2.44. The van der Waals surface area contributed by atoms with Crippen molar-refractivity contribution in [2.75, 3.05) is 4.90 Å². The first-order valence-electron chi connectivity index (χ1n) is 13.4. The van der Waals surface area contributed by atoms with Crippen molar-refractivity contribution in [1.29, 1.82) is 0 Å². The largest absolute Gasteiger partial charge is 0.490 e. The predicted octanol–water partition coefficient (Wildman–Crippen LogP) is 6.69. The average Bonchev–Trinajstić information content (AvgIpc) is 3.63. The number of ether oxygens (including phenoxy) is 1. The lowest BCUT2D eigenvalue weighted by Crippen LogP contribution is -2.29. The standard InChI is InChI=1S/C31H33N5OS/c1-20-15-17-33-28(18-20)35-21(2)19-26(22(35)3)30-29(27-10-6-7-16-32-27)34-31(38)36(30)23-11-13-25(14-12-23)37-24-8-4-5-9-24/h6-7,10-19,24,29-30H,4-5,8-9H2,1-3H3,(H,34,38)/t29-,30-/m1/s1. The molecule has 0 bridgehead atoms. The van der Waals surface area contributed by atoms with Gasteiger partial charge in [0.1, 0.15) is 11.6 Å². The van der Waals surface area contributed by atoms with E-state index in [1.807, 2.05) is 30.6 Å². The van der Waals surface area contributed by atoms with Gasteiger partial charge in [0.2, 0.25) is 0 Å². The van der Waals surface area contributed by atoms with Gasteiger partial charge in [-0.25, -0.2) is 4.98 Å². The van der Waals surface area contributed by atoms with Crippen molar-refractivity contribution in [3.05, 3.63) is 101 Å². The Morgan fingerprint density at radius 3 is 2.42 bits per heavy atom. The van der Waals surface area contributed by atoms with Crippen molar-refractivity contribution in [3.63, 3.8) is 0 Å². The summed E-state index contributed by atoms with van der Waals surface area (Å²) in [6.07, 6.45) is 8.83. The van der Waals surface area contributed by atoms with Gasteiger partial charge in [0.25, 0.3) is 0 Å². The molecule has 4 heterocycles. The molecule has 1 aromatic carbocycles. The Hall–Kier alpha value is -3.71. The summed E-state index contributed by atoms with van der Waals surface area (Å²) in [6.45, 7) is 6.40. The third kappa shape index (κ3) is 4.56. The van der Waals surface area contributed by atoms with Gasteiger partial charge in [0.05, 0.1) is 23.9 Å². The first kappa shape index (κ1) is 24.6. The summed E-state index contributed by atoms with van der Waals surface area (Å²) in [5.41, 5.74) is 6.64. The molecule has 1 saturated heterocycles. The van der Waals surface area contributed by atoms with Gasteiger partial charge in [0.15, 0.2) is 5.11 Å². The van der Waals surface area contributed by atoms with E-state index in [0.717, 1.165) is 47.2 Å². The predicted molar refractivity (Wildman–Crippen MR) is 155 cm³/mol. The zero-order valence-electron chi connectivity index (χ0n) is 22.1. The summed E-state index contributed by atoms with van der Waals surface area (Å²) in [7, 11) is 0. The molecule has 1 N–H and O–H groups in total. The maximum Gasteiger partial charge on any atom is 0.174 e. The van der Waals surface area contributed by atoms with Gasteiger partial charge in [-0.15, -0.1) is 0 Å². The molecule has 6 rings (SSSR count). The number of hydrogen-bond donors (Lipinski definition) is 1. The molecule has 2 fully saturated rings. The monoisotopic (exact) mass is 523 g/mol. The number of nitrogens with one attached hydrogen (secondary N) is 1. The zero-order valence-corrected chi connectivity index (χ0v) is 22.9. The number of aromatic nitrogens is 3. The van der Waals surface area contributed by atoms with Gasteiger partial charge in [-0.05, 0) is 124 Å². The second-order valence-corrected chi connectivity index (χ2v) is 10.8. The highest BCUT2D eigenvalue weighted by atomic mass is 32.1. The minimum absolute atomic E-state index is 0.0799. The van der Waals surface area contributed by atoms with Gasteiger partial charge in [-0.3, -0.25) is 4.98 Å². The molecule has 2 atom stereocenters. The van der Waals surface area contributed by atoms with Crippen LogP contribution in [0.25, 0.3) is 5.82 Å². The molecule has 0 radical (unpaired) electrons. The fraction of sp³-hybridized carbons (Fsp3) is 0.323. The van der Waals surface area contributed by atoms with Gasteiger partial charge in [-0.2, -0.15) is 0 Å². The molecule has 0 amide bonds. The van der Waals surface area contributed by atoms with Crippen molar-refractivity contribution in [3.8, 4) is 11.6 Å². The maximum atomic E-state index is 6.23. The summed E-state index contributed by atoms with van der Waals surface area (Å²) < 4.78 is 8.46. The molecular weight excluding hydrogens is 490 g/mol. The molecule has 194 valence electrons. The van der Waals surface area contributed by atoms with Crippen LogP contribution in [0.4, 0.5) is 5.69 Å². The maximum absolute atomic E-state index is 6.23. The number of aryl methyl sites for hydroxylation is 2. The first-order chi connectivity index (χ1) is 18.5. The normalized spacial score (nSPS) is 19.7. The van der Waals surface area contributed by atoms with Gasteiger partial charge in [0, 0.05) is 29.5 Å². The quantitative estimate of drug-likeness (QED) is 0.284. The van der Waals surface area contributed by atoms with Crippen LogP contribution in [0.3, 0.4) is 0 Å². The number of rotatable bonds is 6. The van der Waals surface area contributed by atoms with E-state index < -0.39 is 0 Å². The number of anilines is 1. The Morgan fingerprint density at radius 2 is 1.71 bits per heavy atom. The van der Waals surface area contributed by atoms with Crippen LogP contribution in [-0.4, -0.2) is 25.8 Å². The molecule has 2 aliphatic rings. The molecule has 1 aliphatic heterocycles. The number of benzene rings is 1. The van der Waals surface area contributed by atoms with E-state index in [-0.39, 0.29) is 12.1 Å². The van der Waals surface area contributed by atoms with Crippen LogP contribution in [0.1, 0.15) is 66.0 Å². The van der Waals surface area contributed by atoms with Crippen LogP contribution in [0.2, 0.25) is 0 Å². The minimum Gasteiger partial charge on any atom is -0.490 e. The van der Waals surface area contributed by atoms with Crippen molar-refractivity contribution < 1.29 is 4.74 Å². The molecule has 7 heteroatoms. The smallest absolute Gasteiger partial charge is 0.174 e. The number of nitrogens with zero attached hydrogens (tertiary/aromatic N) is 4. The molecule has 3 aromatic heterocycles. The molecule has 6 nitrogen and oxygen atoms in total. The summed E-state index contributed by atoms with van der Waals surface area (Å²) in [4.78, 5) is 11.6. The molecule has 0 spiro atoms. The fourth-order valence-electron chi connectivity index (χ4n) is 5.92. The summed E-state index contributed by atoms with van der Waals surface area (Å²) in [5, 5.41) is 4.27. The number of hydrogen-bond acceptors (Lipinski definition) is 4. The molecule has 38 heavy (non-hydrogen) atoms. The molecule has 1 saturated carbocycles. The second kappa shape index (κ2) is 10.2. The lowest BCUT2D eigenvalue weighted by molar-refractivity contribution is 0.210. The van der Waals surface area contributed by atoms with Gasteiger partial charge in [-0.1, -0.05) is 6.07 Å². The lowest BCUT2D eigenvalue weighted by Gasteiger charge is -2.28. The SMILES string of the molecule is Cc1ccnc(-n2c(C)cc([C@@H]3[C@@H](c4ccccn4)NC(=S)N3c3ccc(OC4CCCC4)cc3)c2C)c1. The van der Waals surface area contributed by atoms with Crippen molar-refractivity contribution >= 4 is 23.0 Å². The summed E-state index contributed by atoms with van der Waals surface area (Å²) >= 11 is 5.96. The Kier molecular flexibility index (Phi) is 6.62. The van der Waals surface area contributed by atoms with E-state index in [4.69, 9.17) is 21.9 Å². The van der Waals surface area contributed by atoms with E-state index in [9.17, 15) is 0 Å². The Morgan fingerprint density at radius 1 is 0.921 bits per heavy atom. The molecule has 1 aliphatic carbocycles. The van der Waals surface area contributed by atoms with Crippen LogP contribution in [-0.2, 0) is 0 Å². The first-order valence-corrected chi connectivity index (χ1v) is 13.8. The van der Waals surface area contributed by atoms with Crippen LogP contribution in [0.5, 0.6) is 5.75 Å². The van der Waals surface area contributed by atoms with Crippen molar-refractivity contribution in [2.24, 2.45) is 0 Å². The number of thiocarbonyl (C=S) groups is 1. The highest BCUT2D eigenvalue weighted by Gasteiger charge is 2.42. The van der Waals surface area contributed by atoms with Crippen LogP contribution in [0.15, 0.2) is 73.1 Å². The molecule has 4 aromatic rings. The van der Waals surface area contributed by atoms with E-state index >= 15 is 0 Å². The van der Waals surface area contributed by atoms with Crippen LogP contribution in [0, 0.1) is 20.8 Å². The van der Waals surface area contributed by atoms with Gasteiger partial charge < -0.3 is 19.5 Å². The van der Waals surface area contributed by atoms with E-state index in [2.05, 4.69) is 83.0 Å². The lowest BCUT2D eigenvalue weighted by atomic mass is 9.96. The van der Waals surface area contributed by atoms with E-state index in [0.29, 0.717) is 11.2 Å². The summed E-state index contributed by atoms with van der Waals surface area (Å²) in [5.74, 6) is 1.84. The molecular formula is C31H33N5OS. The van der Waals surface area contributed by atoms with E-state index in [1.165, 1.54) is 24.0 Å². The van der Waals surface area contributed by atoms with E-state index in [1.54, 1.807) is 0 Å². The Labute approximate surface area is 229 Å².